The molecule has 0 spiro atoms. The fourth-order valence-corrected chi connectivity index (χ4v) is 11.7. The second-order valence-electron chi connectivity index (χ2n) is 20.5. The van der Waals surface area contributed by atoms with Crippen molar-refractivity contribution in [2.24, 2.45) is 0 Å². The van der Waals surface area contributed by atoms with E-state index in [1.165, 1.54) is 77.9 Å². The topological polar surface area (TPSA) is 9.72 Å². The summed E-state index contributed by atoms with van der Waals surface area (Å²) in [4.78, 5) is 7.27. The normalized spacial score (nSPS) is 12.4. The molecule has 0 fully saturated rings. The average molecular weight is 980 g/mol. The summed E-state index contributed by atoms with van der Waals surface area (Å²) in [5.74, 6) is 0. The van der Waals surface area contributed by atoms with E-state index in [1.54, 1.807) is 0 Å². The molecule has 76 heavy (non-hydrogen) atoms. The van der Waals surface area contributed by atoms with E-state index in [2.05, 4.69) is 317 Å². The number of fused-ring (bicyclic) bond motifs is 2. The Labute approximate surface area is 449 Å². The fraction of sp³-hybridized carbons (Fsp3) is 0.0959. The van der Waals surface area contributed by atoms with E-state index in [-0.39, 0.29) is 0 Å². The number of hydrogen-bond donors (Lipinski definition) is 0. The summed E-state index contributed by atoms with van der Waals surface area (Å²) >= 11 is 0. The molecule has 368 valence electrons. The van der Waals surface area contributed by atoms with Crippen molar-refractivity contribution in [3.63, 3.8) is 0 Å². The van der Waals surface area contributed by atoms with Gasteiger partial charge in [-0.05, 0) is 216 Å². The van der Waals surface area contributed by atoms with Gasteiger partial charge in [-0.3, -0.25) is 0 Å². The number of rotatable bonds is 11. The van der Waals surface area contributed by atoms with Crippen molar-refractivity contribution in [1.82, 2.24) is 0 Å². The molecule has 11 aromatic rings. The summed E-state index contributed by atoms with van der Waals surface area (Å²) in [5.41, 5.74) is 26.7. The van der Waals surface area contributed by atoms with Crippen LogP contribution in [0.1, 0.15) is 55.6 Å². The highest BCUT2D eigenvalue weighted by Crippen LogP contribution is 2.58. The van der Waals surface area contributed by atoms with Crippen LogP contribution >= 0.6 is 0 Å². The van der Waals surface area contributed by atoms with Crippen LogP contribution in [0.2, 0.25) is 0 Å². The molecule has 0 aromatic heterocycles. The molecule has 0 saturated heterocycles. The number of anilines is 9. The lowest BCUT2D eigenvalue weighted by Gasteiger charge is -2.46. The number of hydrogen-bond acceptors (Lipinski definition) is 3. The highest BCUT2D eigenvalue weighted by atomic mass is 15.2. The first-order valence-corrected chi connectivity index (χ1v) is 26.5. The van der Waals surface area contributed by atoms with Gasteiger partial charge in [0.1, 0.15) is 0 Å². The van der Waals surface area contributed by atoms with Gasteiger partial charge in [0, 0.05) is 39.8 Å². The summed E-state index contributed by atoms with van der Waals surface area (Å²) in [6.07, 6.45) is 0. The predicted octanol–water partition coefficient (Wildman–Crippen LogP) is 20.0. The standard InChI is InChI=1S/C73H61N3/c1-50-46-67(47-51(2)54(50)5)74(63-38-30-58(31-39-63)56-20-10-7-11-21-56)65-42-34-60(35-43-65)73(69-26-16-18-28-71(69)76(62-24-14-9-15-25-62)72-29-19-17-27-70(72)73)61-36-44-66(45-37-61)75(68-48-52(3)55(6)53(4)49-68)64-40-32-59(33-41-64)57-22-12-8-13-23-57/h7-49H,1-6H3. The number of benzene rings is 11. The second kappa shape index (κ2) is 19.9. The first-order chi connectivity index (χ1) is 37.2. The van der Waals surface area contributed by atoms with E-state index < -0.39 is 5.41 Å². The molecule has 0 N–H and O–H groups in total. The number of para-hydroxylation sites is 3. The van der Waals surface area contributed by atoms with Gasteiger partial charge in [-0.25, -0.2) is 0 Å². The van der Waals surface area contributed by atoms with Gasteiger partial charge >= 0.3 is 0 Å². The van der Waals surface area contributed by atoms with Crippen molar-refractivity contribution in [2.75, 3.05) is 14.7 Å². The molecule has 3 heteroatoms. The molecule has 0 aliphatic carbocycles. The fourth-order valence-electron chi connectivity index (χ4n) is 11.7. The molecule has 0 amide bonds. The monoisotopic (exact) mass is 979 g/mol. The van der Waals surface area contributed by atoms with Gasteiger partial charge in [-0.1, -0.05) is 164 Å². The third kappa shape index (κ3) is 8.44. The zero-order valence-corrected chi connectivity index (χ0v) is 44.2. The third-order valence-electron chi connectivity index (χ3n) is 16.0. The van der Waals surface area contributed by atoms with Gasteiger partial charge in [0.15, 0.2) is 0 Å². The largest absolute Gasteiger partial charge is 0.310 e. The minimum absolute atomic E-state index is 0.714. The molecular formula is C73H61N3. The Morgan fingerprint density at radius 1 is 0.276 bits per heavy atom. The molecular weight excluding hydrogens is 919 g/mol. The molecule has 0 atom stereocenters. The lowest BCUT2D eigenvalue weighted by atomic mass is 9.62. The van der Waals surface area contributed by atoms with E-state index in [0.29, 0.717) is 0 Å². The Hall–Kier alpha value is -9.18. The minimum Gasteiger partial charge on any atom is -0.310 e. The minimum atomic E-state index is -0.714. The van der Waals surface area contributed by atoms with Crippen LogP contribution in [0.25, 0.3) is 22.3 Å². The van der Waals surface area contributed by atoms with E-state index in [1.807, 2.05) is 0 Å². The molecule has 0 saturated carbocycles. The summed E-state index contributed by atoms with van der Waals surface area (Å²) in [7, 11) is 0. The molecule has 1 aliphatic heterocycles. The van der Waals surface area contributed by atoms with E-state index in [4.69, 9.17) is 0 Å². The van der Waals surface area contributed by atoms with Crippen LogP contribution < -0.4 is 14.7 Å². The zero-order valence-electron chi connectivity index (χ0n) is 44.2. The summed E-state index contributed by atoms with van der Waals surface area (Å²) in [6.45, 7) is 13.3. The SMILES string of the molecule is Cc1cc(N(c2ccc(-c3ccccc3)cc2)c2ccc(C3(c4ccc(N(c5ccc(-c6ccccc6)cc5)c5cc(C)c(C)c(C)c5)cc4)c4ccccc4N(c4ccccc4)c4ccccc43)cc2)cc(C)c1C. The van der Waals surface area contributed by atoms with Crippen LogP contribution in [0.3, 0.4) is 0 Å². The van der Waals surface area contributed by atoms with Crippen molar-refractivity contribution in [3.05, 3.63) is 316 Å². The highest BCUT2D eigenvalue weighted by Gasteiger charge is 2.46. The summed E-state index contributed by atoms with van der Waals surface area (Å²) in [6, 6.07) is 96.3. The summed E-state index contributed by atoms with van der Waals surface area (Å²) in [5, 5.41) is 0. The molecule has 1 aliphatic rings. The van der Waals surface area contributed by atoms with Crippen LogP contribution in [0.15, 0.2) is 261 Å². The average Bonchev–Trinajstić information content (AvgIpc) is 3.47. The Bertz CT molecular complexity index is 3560. The smallest absolute Gasteiger partial charge is 0.0742 e. The van der Waals surface area contributed by atoms with Gasteiger partial charge < -0.3 is 14.7 Å². The van der Waals surface area contributed by atoms with Gasteiger partial charge in [0.2, 0.25) is 0 Å². The van der Waals surface area contributed by atoms with Crippen molar-refractivity contribution < 1.29 is 0 Å². The predicted molar refractivity (Wildman–Crippen MR) is 322 cm³/mol. The van der Waals surface area contributed by atoms with Crippen LogP contribution in [0, 0.1) is 41.5 Å². The lowest BCUT2D eigenvalue weighted by Crippen LogP contribution is -2.37. The molecule has 11 aromatic carbocycles. The van der Waals surface area contributed by atoms with Gasteiger partial charge in [0.05, 0.1) is 16.8 Å². The maximum absolute atomic E-state index is 2.44. The number of aryl methyl sites for hydroxylation is 4. The van der Waals surface area contributed by atoms with Crippen molar-refractivity contribution in [1.29, 1.82) is 0 Å². The third-order valence-corrected chi connectivity index (χ3v) is 16.0. The van der Waals surface area contributed by atoms with Crippen molar-refractivity contribution >= 4 is 51.2 Å². The van der Waals surface area contributed by atoms with Gasteiger partial charge in [-0.15, -0.1) is 0 Å². The van der Waals surface area contributed by atoms with Crippen LogP contribution in [-0.4, -0.2) is 0 Å². The molecule has 12 rings (SSSR count). The van der Waals surface area contributed by atoms with Gasteiger partial charge in [0.25, 0.3) is 0 Å². The quantitative estimate of drug-likeness (QED) is 0.128. The van der Waals surface area contributed by atoms with Crippen LogP contribution in [0.4, 0.5) is 51.2 Å². The van der Waals surface area contributed by atoms with E-state index >= 15 is 0 Å². The summed E-state index contributed by atoms with van der Waals surface area (Å²) < 4.78 is 0. The zero-order chi connectivity index (χ0) is 51.9. The Balaban J connectivity index is 1.04. The molecule has 3 nitrogen and oxygen atoms in total. The van der Waals surface area contributed by atoms with E-state index in [0.717, 1.165) is 51.2 Å². The van der Waals surface area contributed by atoms with E-state index in [9.17, 15) is 0 Å². The lowest BCUT2D eigenvalue weighted by molar-refractivity contribution is 0.731. The molecule has 0 radical (unpaired) electrons. The molecule has 0 unspecified atom stereocenters. The first kappa shape index (κ1) is 47.8. The second-order valence-corrected chi connectivity index (χ2v) is 20.5. The van der Waals surface area contributed by atoms with Crippen molar-refractivity contribution in [2.45, 2.75) is 47.0 Å². The maximum Gasteiger partial charge on any atom is 0.0742 e. The Morgan fingerprint density at radius 2 is 0.566 bits per heavy atom. The Morgan fingerprint density at radius 3 is 0.921 bits per heavy atom. The Kier molecular flexibility index (Phi) is 12.5. The van der Waals surface area contributed by atoms with Crippen LogP contribution in [0.5, 0.6) is 0 Å². The molecule has 0 bridgehead atoms. The first-order valence-electron chi connectivity index (χ1n) is 26.5. The van der Waals surface area contributed by atoms with Gasteiger partial charge in [-0.2, -0.15) is 0 Å². The number of nitrogens with zero attached hydrogens (tertiary/aromatic N) is 3. The highest BCUT2D eigenvalue weighted by molar-refractivity contribution is 5.90. The van der Waals surface area contributed by atoms with Crippen molar-refractivity contribution in [3.8, 4) is 22.3 Å². The molecule has 1 heterocycles. The van der Waals surface area contributed by atoms with Crippen LogP contribution in [-0.2, 0) is 5.41 Å². The maximum atomic E-state index is 2.44.